The number of hydrogen-bond acceptors (Lipinski definition) is 3. The molecule has 0 bridgehead atoms. The third kappa shape index (κ3) is 25.5. The lowest BCUT2D eigenvalue weighted by Crippen LogP contribution is -2.05. The zero-order chi connectivity index (χ0) is 19.2. The summed E-state index contributed by atoms with van der Waals surface area (Å²) >= 11 is 0. The van der Waals surface area contributed by atoms with Crippen molar-refractivity contribution in [3.05, 3.63) is 12.2 Å². The molecule has 3 nitrogen and oxygen atoms in total. The van der Waals surface area contributed by atoms with Crippen LogP contribution in [0.1, 0.15) is 104 Å². The Kier molecular flexibility index (Phi) is 24.5. The zero-order valence-corrected chi connectivity index (χ0v) is 17.6. The number of ether oxygens (including phenoxy) is 1. The molecule has 3 heteroatoms. The highest BCUT2D eigenvalue weighted by Gasteiger charge is 2.01. The molecule has 25 heavy (non-hydrogen) atoms. The Morgan fingerprint density at radius 1 is 0.760 bits per heavy atom. The largest absolute Gasteiger partial charge is 0.462 e. The van der Waals surface area contributed by atoms with Crippen molar-refractivity contribution in [1.82, 2.24) is 5.32 Å². The van der Waals surface area contributed by atoms with E-state index in [2.05, 4.69) is 18.8 Å². The molecule has 0 aromatic rings. The number of carbonyl (C=O) groups excluding carboxylic acids is 1. The summed E-state index contributed by atoms with van der Waals surface area (Å²) in [7, 11) is 3.75. The van der Waals surface area contributed by atoms with Crippen LogP contribution in [0.4, 0.5) is 0 Å². The number of rotatable bonds is 16. The molecule has 0 aliphatic rings. The predicted molar refractivity (Wildman–Crippen MR) is 111 cm³/mol. The van der Waals surface area contributed by atoms with Crippen molar-refractivity contribution in [2.24, 2.45) is 0 Å². The van der Waals surface area contributed by atoms with Crippen molar-refractivity contribution < 1.29 is 9.53 Å². The van der Waals surface area contributed by atoms with E-state index >= 15 is 0 Å². The minimum absolute atomic E-state index is 0.255. The fraction of sp³-hybridized carbons (Fsp3) is 0.864. The second-order valence-electron chi connectivity index (χ2n) is 7.01. The van der Waals surface area contributed by atoms with Crippen molar-refractivity contribution in [2.45, 2.75) is 104 Å². The summed E-state index contributed by atoms with van der Waals surface area (Å²) in [6.07, 6.45) is 18.8. The van der Waals surface area contributed by atoms with E-state index in [0.29, 0.717) is 12.2 Å². The van der Waals surface area contributed by atoms with Crippen LogP contribution in [0.3, 0.4) is 0 Å². The third-order valence-corrected chi connectivity index (χ3v) is 4.08. The topological polar surface area (TPSA) is 38.3 Å². The summed E-state index contributed by atoms with van der Waals surface area (Å²) in [6.45, 7) is 8.07. The van der Waals surface area contributed by atoms with E-state index < -0.39 is 0 Å². The molecule has 1 N–H and O–H groups in total. The Labute approximate surface area is 158 Å². The van der Waals surface area contributed by atoms with E-state index in [1.807, 2.05) is 14.1 Å². The van der Waals surface area contributed by atoms with Gasteiger partial charge in [0.2, 0.25) is 0 Å². The quantitative estimate of drug-likeness (QED) is 0.197. The van der Waals surface area contributed by atoms with Crippen molar-refractivity contribution in [2.75, 3.05) is 20.7 Å². The van der Waals surface area contributed by atoms with Crippen LogP contribution >= 0.6 is 0 Å². The Bertz CT molecular complexity index is 290. The molecule has 150 valence electrons. The van der Waals surface area contributed by atoms with Crippen molar-refractivity contribution in [3.63, 3.8) is 0 Å². The maximum atomic E-state index is 11.2. The minimum Gasteiger partial charge on any atom is -0.462 e. The number of esters is 1. The molecule has 0 saturated carbocycles. The molecule has 0 aliphatic carbocycles. The van der Waals surface area contributed by atoms with Crippen LogP contribution in [0.25, 0.3) is 0 Å². The lowest BCUT2D eigenvalue weighted by Gasteiger charge is -2.04. The number of carbonyl (C=O) groups is 1. The molecule has 0 spiro atoms. The van der Waals surface area contributed by atoms with Crippen LogP contribution in [-0.4, -0.2) is 26.7 Å². The molecule has 0 radical (unpaired) electrons. The molecule has 0 aromatic carbocycles. The number of hydrogen-bond donors (Lipinski definition) is 1. The normalized spacial score (nSPS) is 10.1. The predicted octanol–water partition coefficient (Wildman–Crippen LogP) is 6.42. The second kappa shape index (κ2) is 23.2. The monoisotopic (exact) mass is 355 g/mol. The first-order valence-corrected chi connectivity index (χ1v) is 10.5. The van der Waals surface area contributed by atoms with Crippen LogP contribution in [-0.2, 0) is 9.53 Å². The van der Waals surface area contributed by atoms with Crippen LogP contribution in [0.15, 0.2) is 12.2 Å². The Morgan fingerprint density at radius 2 is 1.08 bits per heavy atom. The summed E-state index contributed by atoms with van der Waals surface area (Å²) in [5, 5.41) is 2.75. The highest BCUT2D eigenvalue weighted by atomic mass is 16.5. The van der Waals surface area contributed by atoms with Crippen molar-refractivity contribution >= 4 is 5.97 Å². The molecule has 0 rings (SSSR count). The van der Waals surface area contributed by atoms with Gasteiger partial charge in [0.25, 0.3) is 0 Å². The molecular weight excluding hydrogens is 310 g/mol. The SMILES string of the molecule is C=C(C)C(=O)OCCCCCCCCCCCCCCCC.CNC. The first-order chi connectivity index (χ1) is 12.1. The van der Waals surface area contributed by atoms with Gasteiger partial charge in [-0.25, -0.2) is 4.79 Å². The van der Waals surface area contributed by atoms with Gasteiger partial charge >= 0.3 is 5.97 Å². The van der Waals surface area contributed by atoms with Gasteiger partial charge in [-0.3, -0.25) is 0 Å². The van der Waals surface area contributed by atoms with Gasteiger partial charge in [-0.2, -0.15) is 0 Å². The third-order valence-electron chi connectivity index (χ3n) is 4.08. The molecular formula is C22H45NO2. The van der Waals surface area contributed by atoms with E-state index in [0.717, 1.165) is 6.42 Å². The van der Waals surface area contributed by atoms with Crippen LogP contribution < -0.4 is 5.32 Å². The lowest BCUT2D eigenvalue weighted by atomic mass is 10.0. The van der Waals surface area contributed by atoms with Gasteiger partial charge in [0, 0.05) is 5.57 Å². The van der Waals surface area contributed by atoms with Crippen molar-refractivity contribution in [3.8, 4) is 0 Å². The average molecular weight is 356 g/mol. The fourth-order valence-electron chi connectivity index (χ4n) is 2.58. The lowest BCUT2D eigenvalue weighted by molar-refractivity contribution is -0.139. The van der Waals surface area contributed by atoms with Gasteiger partial charge < -0.3 is 10.1 Å². The fourth-order valence-corrected chi connectivity index (χ4v) is 2.58. The maximum absolute atomic E-state index is 11.2. The van der Waals surface area contributed by atoms with E-state index in [4.69, 9.17) is 4.74 Å². The first kappa shape index (κ1) is 26.4. The number of nitrogens with one attached hydrogen (secondary N) is 1. The first-order valence-electron chi connectivity index (χ1n) is 10.5. The molecule has 0 amide bonds. The Balaban J connectivity index is 0. The molecule has 0 atom stereocenters. The molecule has 0 fully saturated rings. The summed E-state index contributed by atoms with van der Waals surface area (Å²) in [6, 6.07) is 0. The minimum atomic E-state index is -0.255. The van der Waals surface area contributed by atoms with Crippen LogP contribution in [0.2, 0.25) is 0 Å². The maximum Gasteiger partial charge on any atom is 0.333 e. The van der Waals surface area contributed by atoms with E-state index in [-0.39, 0.29) is 5.97 Å². The van der Waals surface area contributed by atoms with Gasteiger partial charge in [0.05, 0.1) is 6.61 Å². The summed E-state index contributed by atoms with van der Waals surface area (Å²) in [4.78, 5) is 11.2. The highest BCUT2D eigenvalue weighted by molar-refractivity contribution is 5.86. The van der Waals surface area contributed by atoms with Crippen molar-refractivity contribution in [1.29, 1.82) is 0 Å². The van der Waals surface area contributed by atoms with Gasteiger partial charge in [0.1, 0.15) is 0 Å². The van der Waals surface area contributed by atoms with Gasteiger partial charge in [0.15, 0.2) is 0 Å². The molecule has 0 unspecified atom stereocenters. The van der Waals surface area contributed by atoms with Gasteiger partial charge in [-0.05, 0) is 27.4 Å². The number of unbranched alkanes of at least 4 members (excludes halogenated alkanes) is 13. The van der Waals surface area contributed by atoms with E-state index in [1.165, 1.54) is 83.5 Å². The Morgan fingerprint density at radius 3 is 1.40 bits per heavy atom. The smallest absolute Gasteiger partial charge is 0.333 e. The average Bonchev–Trinajstić information content (AvgIpc) is 2.58. The zero-order valence-electron chi connectivity index (χ0n) is 17.6. The van der Waals surface area contributed by atoms with E-state index in [9.17, 15) is 4.79 Å². The summed E-state index contributed by atoms with van der Waals surface area (Å²) in [5.74, 6) is -0.255. The molecule has 0 aliphatic heterocycles. The van der Waals surface area contributed by atoms with E-state index in [1.54, 1.807) is 6.92 Å². The highest BCUT2D eigenvalue weighted by Crippen LogP contribution is 2.12. The van der Waals surface area contributed by atoms with Crippen LogP contribution in [0, 0.1) is 0 Å². The molecule has 0 saturated heterocycles. The summed E-state index contributed by atoms with van der Waals surface area (Å²) in [5.41, 5.74) is 0.491. The standard InChI is InChI=1S/C20H38O2.C2H7N/c1-4-5-6-7-8-9-10-11-12-13-14-15-16-17-18-22-20(21)19(2)3;1-3-2/h2,4-18H2,1,3H3;3H,1-2H3. The second-order valence-corrected chi connectivity index (χ2v) is 7.01. The van der Waals surface area contributed by atoms with Gasteiger partial charge in [-0.1, -0.05) is 97.0 Å². The molecule has 0 heterocycles. The van der Waals surface area contributed by atoms with Gasteiger partial charge in [-0.15, -0.1) is 0 Å². The Hall–Kier alpha value is -0.830. The van der Waals surface area contributed by atoms with Crippen LogP contribution in [0.5, 0.6) is 0 Å². The molecule has 0 aromatic heterocycles. The summed E-state index contributed by atoms with van der Waals surface area (Å²) < 4.78 is 5.07.